The lowest BCUT2D eigenvalue weighted by Gasteiger charge is -2.02. The van der Waals surface area contributed by atoms with Gasteiger partial charge in [0, 0.05) is 10.5 Å². The summed E-state index contributed by atoms with van der Waals surface area (Å²) in [6, 6.07) is 12.0. The Morgan fingerprint density at radius 2 is 1.85 bits per heavy atom. The number of hydrogen-bond donors (Lipinski definition) is 1. The third-order valence-corrected chi connectivity index (χ3v) is 4.09. The second-order valence-corrected chi connectivity index (χ2v) is 5.85. The van der Waals surface area contributed by atoms with Gasteiger partial charge in [0.25, 0.3) is 0 Å². The number of aromatic nitrogens is 2. The fourth-order valence-corrected chi connectivity index (χ4v) is 2.98. The predicted molar refractivity (Wildman–Crippen MR) is 81.5 cm³/mol. The van der Waals surface area contributed by atoms with E-state index in [0.717, 1.165) is 32.9 Å². The smallest absolute Gasteiger partial charge is 0.171 e. The molecule has 2 aromatic carbocycles. The lowest BCUT2D eigenvalue weighted by atomic mass is 10.2. The largest absolute Gasteiger partial charge is 0.333 e. The number of carbonyl (C=O) groups is 1. The van der Waals surface area contributed by atoms with Crippen LogP contribution in [0.3, 0.4) is 0 Å². The van der Waals surface area contributed by atoms with Gasteiger partial charge in [0.1, 0.15) is 0 Å². The molecule has 0 unspecified atom stereocenters. The van der Waals surface area contributed by atoms with E-state index in [2.05, 4.69) is 23.0 Å². The van der Waals surface area contributed by atoms with Gasteiger partial charge in [-0.3, -0.25) is 4.79 Å². The van der Waals surface area contributed by atoms with Crippen LogP contribution in [0.1, 0.15) is 21.5 Å². The summed E-state index contributed by atoms with van der Waals surface area (Å²) in [6.07, 6.45) is 0.891. The zero-order chi connectivity index (χ0) is 14.1. The first-order chi connectivity index (χ1) is 9.65. The van der Waals surface area contributed by atoms with Crippen LogP contribution < -0.4 is 0 Å². The van der Waals surface area contributed by atoms with Gasteiger partial charge in [-0.05, 0) is 43.7 Å². The number of nitrogens with one attached hydrogen (secondary N) is 1. The van der Waals surface area contributed by atoms with Crippen LogP contribution in [-0.4, -0.2) is 16.3 Å². The molecular weight excluding hydrogens is 268 g/mol. The number of aldehydes is 1. The number of aryl methyl sites for hydroxylation is 2. The number of H-pyrrole nitrogens is 1. The molecule has 0 aliphatic rings. The van der Waals surface area contributed by atoms with Gasteiger partial charge in [0.05, 0.1) is 11.0 Å². The number of hydrogen-bond acceptors (Lipinski definition) is 3. The summed E-state index contributed by atoms with van der Waals surface area (Å²) in [4.78, 5) is 19.9. The van der Waals surface area contributed by atoms with Gasteiger partial charge < -0.3 is 4.98 Å². The van der Waals surface area contributed by atoms with Crippen LogP contribution in [0.2, 0.25) is 0 Å². The number of fused-ring (bicyclic) bond motifs is 1. The van der Waals surface area contributed by atoms with Gasteiger partial charge in [0.15, 0.2) is 11.4 Å². The first-order valence-electron chi connectivity index (χ1n) is 6.36. The first-order valence-corrected chi connectivity index (χ1v) is 7.17. The van der Waals surface area contributed by atoms with Gasteiger partial charge in [-0.1, -0.05) is 29.5 Å². The Morgan fingerprint density at radius 1 is 1.10 bits per heavy atom. The van der Waals surface area contributed by atoms with Crippen LogP contribution in [0.15, 0.2) is 46.5 Å². The molecule has 0 spiro atoms. The van der Waals surface area contributed by atoms with Crippen molar-refractivity contribution in [2.45, 2.75) is 23.9 Å². The van der Waals surface area contributed by atoms with Gasteiger partial charge in [0.2, 0.25) is 0 Å². The molecule has 1 N–H and O–H groups in total. The highest BCUT2D eigenvalue weighted by Gasteiger charge is 2.08. The van der Waals surface area contributed by atoms with E-state index in [-0.39, 0.29) is 0 Å². The van der Waals surface area contributed by atoms with Crippen LogP contribution >= 0.6 is 11.8 Å². The molecule has 100 valence electrons. The minimum absolute atomic E-state index is 0.701. The van der Waals surface area contributed by atoms with Crippen molar-refractivity contribution in [3.63, 3.8) is 0 Å². The van der Waals surface area contributed by atoms with E-state index < -0.39 is 0 Å². The summed E-state index contributed by atoms with van der Waals surface area (Å²) in [5.41, 5.74) is 4.94. The van der Waals surface area contributed by atoms with E-state index in [1.54, 1.807) is 0 Å². The molecule has 20 heavy (non-hydrogen) atoms. The average molecular weight is 282 g/mol. The molecular formula is C16H14N2OS. The van der Waals surface area contributed by atoms with Gasteiger partial charge >= 0.3 is 0 Å². The molecule has 1 aromatic heterocycles. The molecule has 0 bridgehead atoms. The summed E-state index contributed by atoms with van der Waals surface area (Å²) in [5.74, 6) is 0. The van der Waals surface area contributed by atoms with Crippen molar-refractivity contribution in [3.05, 3.63) is 53.1 Å². The minimum atomic E-state index is 0.701. The zero-order valence-corrected chi connectivity index (χ0v) is 12.1. The lowest BCUT2D eigenvalue weighted by molar-refractivity contribution is 0.112. The molecule has 3 rings (SSSR count). The first kappa shape index (κ1) is 12.9. The van der Waals surface area contributed by atoms with E-state index >= 15 is 0 Å². The summed E-state index contributed by atoms with van der Waals surface area (Å²) >= 11 is 1.48. The Kier molecular flexibility index (Phi) is 3.32. The minimum Gasteiger partial charge on any atom is -0.333 e. The molecule has 0 fully saturated rings. The molecule has 0 saturated carbocycles. The molecule has 0 saturated heterocycles. The molecule has 3 aromatic rings. The van der Waals surface area contributed by atoms with E-state index in [1.165, 1.54) is 17.3 Å². The molecule has 0 aliphatic carbocycles. The molecule has 0 radical (unpaired) electrons. The highest BCUT2D eigenvalue weighted by atomic mass is 32.2. The van der Waals surface area contributed by atoms with E-state index in [9.17, 15) is 4.79 Å². The van der Waals surface area contributed by atoms with Crippen molar-refractivity contribution in [1.29, 1.82) is 0 Å². The van der Waals surface area contributed by atoms with Crippen LogP contribution in [0.4, 0.5) is 0 Å². The van der Waals surface area contributed by atoms with Gasteiger partial charge in [-0.25, -0.2) is 4.98 Å². The standard InChI is InChI=1S/C16H14N2OS/c1-10-4-6-15(12(7-10)9-19)20-16-17-13-5-3-11(2)8-14(13)18-16/h3-9H,1-2H3,(H,17,18). The summed E-state index contributed by atoms with van der Waals surface area (Å²) in [7, 11) is 0. The van der Waals surface area contributed by atoms with E-state index in [4.69, 9.17) is 0 Å². The van der Waals surface area contributed by atoms with Crippen molar-refractivity contribution in [2.75, 3.05) is 0 Å². The normalized spacial score (nSPS) is 10.9. The van der Waals surface area contributed by atoms with Crippen LogP contribution in [0.5, 0.6) is 0 Å². The quantitative estimate of drug-likeness (QED) is 0.734. The fraction of sp³-hybridized carbons (Fsp3) is 0.125. The Bertz CT molecular complexity index is 792. The SMILES string of the molecule is Cc1ccc(Sc2nc3ccc(C)cc3[nH]2)c(C=O)c1. The Labute approximate surface area is 121 Å². The van der Waals surface area contributed by atoms with Crippen molar-refractivity contribution in [2.24, 2.45) is 0 Å². The van der Waals surface area contributed by atoms with Gasteiger partial charge in [-0.2, -0.15) is 0 Å². The monoisotopic (exact) mass is 282 g/mol. The number of nitrogens with zero attached hydrogens (tertiary/aromatic N) is 1. The summed E-state index contributed by atoms with van der Waals surface area (Å²) < 4.78 is 0. The third kappa shape index (κ3) is 2.47. The number of aromatic amines is 1. The molecule has 0 aliphatic heterocycles. The number of imidazole rings is 1. The summed E-state index contributed by atoms with van der Waals surface area (Å²) in [6.45, 7) is 4.03. The number of carbonyl (C=O) groups excluding carboxylic acids is 1. The second-order valence-electron chi connectivity index (χ2n) is 4.82. The van der Waals surface area contributed by atoms with E-state index in [0.29, 0.717) is 5.56 Å². The lowest BCUT2D eigenvalue weighted by Crippen LogP contribution is -1.87. The van der Waals surface area contributed by atoms with Crippen molar-refractivity contribution < 1.29 is 4.79 Å². The predicted octanol–water partition coefficient (Wildman–Crippen LogP) is 4.14. The van der Waals surface area contributed by atoms with Gasteiger partial charge in [-0.15, -0.1) is 0 Å². The maximum absolute atomic E-state index is 11.1. The Balaban J connectivity index is 1.98. The second kappa shape index (κ2) is 5.13. The molecule has 4 heteroatoms. The molecule has 3 nitrogen and oxygen atoms in total. The molecule has 1 heterocycles. The number of rotatable bonds is 3. The Morgan fingerprint density at radius 3 is 2.65 bits per heavy atom. The van der Waals surface area contributed by atoms with Crippen LogP contribution in [-0.2, 0) is 0 Å². The zero-order valence-electron chi connectivity index (χ0n) is 11.3. The fourth-order valence-electron chi connectivity index (χ4n) is 2.11. The third-order valence-electron chi connectivity index (χ3n) is 3.11. The topological polar surface area (TPSA) is 45.8 Å². The molecule has 0 amide bonds. The average Bonchev–Trinajstić information content (AvgIpc) is 2.82. The van der Waals surface area contributed by atoms with Crippen molar-refractivity contribution in [1.82, 2.24) is 9.97 Å². The highest BCUT2D eigenvalue weighted by molar-refractivity contribution is 7.99. The maximum atomic E-state index is 11.1. The summed E-state index contributed by atoms with van der Waals surface area (Å²) in [5, 5.41) is 0.803. The van der Waals surface area contributed by atoms with Crippen molar-refractivity contribution in [3.8, 4) is 0 Å². The molecule has 0 atom stereocenters. The number of benzene rings is 2. The maximum Gasteiger partial charge on any atom is 0.171 e. The van der Waals surface area contributed by atoms with Crippen molar-refractivity contribution >= 4 is 29.1 Å². The Hall–Kier alpha value is -2.07. The highest BCUT2D eigenvalue weighted by Crippen LogP contribution is 2.30. The van der Waals surface area contributed by atoms with Crippen LogP contribution in [0, 0.1) is 13.8 Å². The van der Waals surface area contributed by atoms with Crippen LogP contribution in [0.25, 0.3) is 11.0 Å². The van der Waals surface area contributed by atoms with E-state index in [1.807, 2.05) is 37.3 Å².